The van der Waals surface area contributed by atoms with E-state index >= 15 is 0 Å². The van der Waals surface area contributed by atoms with Crippen LogP contribution in [-0.2, 0) is 0 Å². The predicted molar refractivity (Wildman–Crippen MR) is 68.7 cm³/mol. The van der Waals surface area contributed by atoms with Crippen LogP contribution in [-0.4, -0.2) is 6.54 Å². The average Bonchev–Trinajstić information content (AvgIpc) is 3.08. The van der Waals surface area contributed by atoms with Gasteiger partial charge in [0.2, 0.25) is 0 Å². The van der Waals surface area contributed by atoms with E-state index in [0.717, 1.165) is 12.5 Å². The van der Waals surface area contributed by atoms with Gasteiger partial charge in [0.05, 0.1) is 0 Å². The first-order valence-corrected chi connectivity index (χ1v) is 6.08. The molecule has 3 rings (SSSR count). The smallest absolute Gasteiger partial charge is 0.0142 e. The minimum Gasteiger partial charge on any atom is -0.233 e. The zero-order valence-electron chi connectivity index (χ0n) is 8.99. The molecule has 1 aliphatic rings. The molecule has 82 valence electrons. The Balaban J connectivity index is 1.89. The summed E-state index contributed by atoms with van der Waals surface area (Å²) in [6.07, 6.45) is 1.26. The fourth-order valence-electron chi connectivity index (χ4n) is 2.42. The number of hydrogen-bond acceptors (Lipinski definition) is 1. The van der Waals surface area contributed by atoms with E-state index in [0.29, 0.717) is 5.92 Å². The van der Waals surface area contributed by atoms with Crippen molar-refractivity contribution in [2.75, 3.05) is 6.54 Å². The van der Waals surface area contributed by atoms with Crippen LogP contribution in [0.4, 0.5) is 0 Å². The van der Waals surface area contributed by atoms with Crippen LogP contribution < -0.4 is 4.84 Å². The Kier molecular flexibility index (Phi) is 2.58. The SMILES string of the molecule is ClNCC1CC1c1ccc2ccccc2c1. The minimum atomic E-state index is 0.704. The number of fused-ring (bicyclic) bond motifs is 1. The van der Waals surface area contributed by atoms with Gasteiger partial charge in [0, 0.05) is 6.54 Å². The van der Waals surface area contributed by atoms with Crippen LogP contribution >= 0.6 is 11.8 Å². The van der Waals surface area contributed by atoms with Crippen LogP contribution in [0.5, 0.6) is 0 Å². The third-order valence-corrected chi connectivity index (χ3v) is 3.62. The highest BCUT2D eigenvalue weighted by atomic mass is 35.5. The van der Waals surface area contributed by atoms with Gasteiger partial charge in [-0.25, -0.2) is 4.84 Å². The molecule has 2 aromatic rings. The van der Waals surface area contributed by atoms with Crippen molar-refractivity contribution in [1.82, 2.24) is 4.84 Å². The summed E-state index contributed by atoms with van der Waals surface area (Å²) in [7, 11) is 0. The highest BCUT2D eigenvalue weighted by Gasteiger charge is 2.37. The first-order valence-electron chi connectivity index (χ1n) is 5.70. The Labute approximate surface area is 101 Å². The van der Waals surface area contributed by atoms with Gasteiger partial charge < -0.3 is 0 Å². The molecule has 0 heterocycles. The van der Waals surface area contributed by atoms with E-state index in [-0.39, 0.29) is 0 Å². The van der Waals surface area contributed by atoms with Crippen molar-refractivity contribution in [2.45, 2.75) is 12.3 Å². The van der Waals surface area contributed by atoms with Gasteiger partial charge in [-0.2, -0.15) is 0 Å². The number of hydrogen-bond donors (Lipinski definition) is 1. The second kappa shape index (κ2) is 4.08. The predicted octanol–water partition coefficient (Wildman–Crippen LogP) is 3.69. The summed E-state index contributed by atoms with van der Waals surface area (Å²) in [6.45, 7) is 0.916. The lowest BCUT2D eigenvalue weighted by Gasteiger charge is -2.03. The van der Waals surface area contributed by atoms with E-state index in [1.54, 1.807) is 0 Å². The molecule has 0 amide bonds. The van der Waals surface area contributed by atoms with Crippen LogP contribution in [0.2, 0.25) is 0 Å². The van der Waals surface area contributed by atoms with E-state index in [4.69, 9.17) is 11.8 Å². The van der Waals surface area contributed by atoms with Crippen molar-refractivity contribution in [3.05, 3.63) is 48.0 Å². The summed E-state index contributed by atoms with van der Waals surface area (Å²) in [6, 6.07) is 15.3. The van der Waals surface area contributed by atoms with Gasteiger partial charge in [-0.15, -0.1) is 0 Å². The van der Waals surface area contributed by atoms with Crippen LogP contribution in [0.3, 0.4) is 0 Å². The van der Waals surface area contributed by atoms with Crippen molar-refractivity contribution >= 4 is 22.5 Å². The molecule has 1 fully saturated rings. The first kappa shape index (κ1) is 10.1. The number of halogens is 1. The normalized spacial score (nSPS) is 23.6. The molecule has 0 saturated heterocycles. The fourth-order valence-corrected chi connectivity index (χ4v) is 2.62. The minimum absolute atomic E-state index is 0.704. The first-order chi connectivity index (χ1) is 7.88. The molecule has 0 aliphatic heterocycles. The van der Waals surface area contributed by atoms with Crippen LogP contribution in [0.25, 0.3) is 10.8 Å². The monoisotopic (exact) mass is 231 g/mol. The lowest BCUT2D eigenvalue weighted by atomic mass is 10.0. The molecule has 1 saturated carbocycles. The summed E-state index contributed by atoms with van der Waals surface area (Å²) in [4.78, 5) is 2.74. The summed E-state index contributed by atoms with van der Waals surface area (Å²) in [5, 5.41) is 2.66. The molecular formula is C14H14ClN. The molecule has 16 heavy (non-hydrogen) atoms. The highest BCUT2D eigenvalue weighted by Crippen LogP contribution is 2.47. The number of nitrogens with one attached hydrogen (secondary N) is 1. The Bertz CT molecular complexity index is 509. The molecule has 2 unspecified atom stereocenters. The fraction of sp³-hybridized carbons (Fsp3) is 0.286. The van der Waals surface area contributed by atoms with E-state index < -0.39 is 0 Å². The van der Waals surface area contributed by atoms with Crippen LogP contribution in [0, 0.1) is 5.92 Å². The summed E-state index contributed by atoms with van der Waals surface area (Å²) < 4.78 is 0. The van der Waals surface area contributed by atoms with Crippen LogP contribution in [0.1, 0.15) is 17.9 Å². The van der Waals surface area contributed by atoms with Gasteiger partial charge >= 0.3 is 0 Å². The van der Waals surface area contributed by atoms with Crippen molar-refractivity contribution in [1.29, 1.82) is 0 Å². The number of rotatable bonds is 3. The third-order valence-electron chi connectivity index (χ3n) is 3.46. The second-order valence-corrected chi connectivity index (χ2v) is 4.81. The lowest BCUT2D eigenvalue weighted by molar-refractivity contribution is 0.766. The second-order valence-electron chi connectivity index (χ2n) is 4.55. The van der Waals surface area contributed by atoms with Gasteiger partial charge in [0.25, 0.3) is 0 Å². The van der Waals surface area contributed by atoms with Gasteiger partial charge in [-0.3, -0.25) is 0 Å². The molecule has 2 heteroatoms. The van der Waals surface area contributed by atoms with Crippen molar-refractivity contribution in [3.63, 3.8) is 0 Å². The zero-order valence-corrected chi connectivity index (χ0v) is 9.74. The Morgan fingerprint density at radius 1 is 1.12 bits per heavy atom. The van der Waals surface area contributed by atoms with E-state index in [1.807, 2.05) is 0 Å². The van der Waals surface area contributed by atoms with Gasteiger partial charge in [0.1, 0.15) is 0 Å². The summed E-state index contributed by atoms with van der Waals surface area (Å²) in [5.74, 6) is 1.43. The van der Waals surface area contributed by atoms with Crippen molar-refractivity contribution in [2.24, 2.45) is 5.92 Å². The number of benzene rings is 2. The molecule has 2 aromatic carbocycles. The Morgan fingerprint density at radius 3 is 2.75 bits per heavy atom. The summed E-state index contributed by atoms with van der Waals surface area (Å²) >= 11 is 5.53. The standard InChI is InChI=1S/C14H14ClN/c15-16-9-13-8-14(13)12-6-5-10-3-1-2-4-11(10)7-12/h1-7,13-14,16H,8-9H2. The van der Waals surface area contributed by atoms with Crippen molar-refractivity contribution < 1.29 is 0 Å². The van der Waals surface area contributed by atoms with Gasteiger partial charge in [-0.1, -0.05) is 42.5 Å². The maximum absolute atomic E-state index is 5.53. The molecule has 1 N–H and O–H groups in total. The average molecular weight is 232 g/mol. The molecule has 0 radical (unpaired) electrons. The molecular weight excluding hydrogens is 218 g/mol. The van der Waals surface area contributed by atoms with E-state index in [2.05, 4.69) is 47.3 Å². The maximum atomic E-state index is 5.53. The Morgan fingerprint density at radius 2 is 1.94 bits per heavy atom. The van der Waals surface area contributed by atoms with Gasteiger partial charge in [-0.05, 0) is 46.4 Å². The van der Waals surface area contributed by atoms with Crippen LogP contribution in [0.15, 0.2) is 42.5 Å². The van der Waals surface area contributed by atoms with Crippen molar-refractivity contribution in [3.8, 4) is 0 Å². The molecule has 1 aliphatic carbocycles. The quantitative estimate of drug-likeness (QED) is 0.795. The van der Waals surface area contributed by atoms with E-state index in [9.17, 15) is 0 Å². The lowest BCUT2D eigenvalue weighted by Crippen LogP contribution is -2.03. The molecule has 0 spiro atoms. The zero-order chi connectivity index (χ0) is 11.0. The summed E-state index contributed by atoms with van der Waals surface area (Å²) in [5.41, 5.74) is 1.45. The topological polar surface area (TPSA) is 12.0 Å². The molecule has 2 atom stereocenters. The maximum Gasteiger partial charge on any atom is 0.0142 e. The van der Waals surface area contributed by atoms with E-state index in [1.165, 1.54) is 22.8 Å². The molecule has 0 bridgehead atoms. The largest absolute Gasteiger partial charge is 0.233 e. The Hall–Kier alpha value is -1.05. The third kappa shape index (κ3) is 1.81. The molecule has 1 nitrogen and oxygen atoms in total. The highest BCUT2D eigenvalue weighted by molar-refractivity contribution is 6.13. The van der Waals surface area contributed by atoms with Gasteiger partial charge in [0.15, 0.2) is 0 Å². The molecule has 0 aromatic heterocycles.